The molecule has 0 saturated carbocycles. The number of amides is 1. The molecule has 1 aliphatic rings. The number of aromatic nitrogens is 1. The number of aromatic amines is 1. The predicted octanol–water partition coefficient (Wildman–Crippen LogP) is 4.05. The number of carbonyl (C=O) groups is 1. The van der Waals surface area contributed by atoms with E-state index in [9.17, 15) is 4.79 Å². The van der Waals surface area contributed by atoms with Crippen molar-refractivity contribution in [2.75, 3.05) is 6.54 Å². The number of nitrogens with zero attached hydrogens (tertiary/aromatic N) is 1. The third-order valence-electron chi connectivity index (χ3n) is 4.93. The highest BCUT2D eigenvalue weighted by molar-refractivity contribution is 7.71. The van der Waals surface area contributed by atoms with Crippen LogP contribution in [0.25, 0.3) is 0 Å². The summed E-state index contributed by atoms with van der Waals surface area (Å²) in [7, 11) is 0. The number of benzene rings is 1. The summed E-state index contributed by atoms with van der Waals surface area (Å²) >= 11 is 5.18. The number of hydrogen-bond acceptors (Lipinski definition) is 3. The molecule has 0 aliphatic carbocycles. The summed E-state index contributed by atoms with van der Waals surface area (Å²) in [5.41, 5.74) is 2.97. The van der Waals surface area contributed by atoms with Crippen LogP contribution in [0.2, 0.25) is 0 Å². The van der Waals surface area contributed by atoms with E-state index >= 15 is 0 Å². The van der Waals surface area contributed by atoms with Gasteiger partial charge < -0.3 is 10.3 Å². The van der Waals surface area contributed by atoms with E-state index in [1.54, 1.807) is 18.3 Å². The second-order valence-electron chi connectivity index (χ2n) is 6.68. The Morgan fingerprint density at radius 2 is 2.04 bits per heavy atom. The Kier molecular flexibility index (Phi) is 6.00. The van der Waals surface area contributed by atoms with E-state index in [-0.39, 0.29) is 5.91 Å². The first-order chi connectivity index (χ1) is 12.1. The molecule has 2 heterocycles. The van der Waals surface area contributed by atoms with E-state index in [1.807, 2.05) is 6.07 Å². The van der Waals surface area contributed by atoms with Crippen molar-refractivity contribution in [2.24, 2.45) is 0 Å². The lowest BCUT2D eigenvalue weighted by Crippen LogP contribution is -2.37. The fraction of sp³-hybridized carbons (Fsp3) is 0.400. The Labute approximate surface area is 154 Å². The van der Waals surface area contributed by atoms with Crippen molar-refractivity contribution in [2.45, 2.75) is 45.3 Å². The molecule has 5 heteroatoms. The molecule has 1 fully saturated rings. The second kappa shape index (κ2) is 8.41. The highest BCUT2D eigenvalue weighted by Crippen LogP contribution is 2.20. The standard InChI is InChI=1S/C20H25N3OS/c1-15-7-4-5-12-23(15)14-17-9-3-2-8-16(17)13-22-19(24)18-10-6-11-21-20(18)25/h2-3,6,8-11,15H,4-5,7,12-14H2,1H3,(H,21,25)(H,22,24)/t15-/m0/s1. The normalized spacial score (nSPS) is 18.0. The van der Waals surface area contributed by atoms with Gasteiger partial charge in [0.15, 0.2) is 0 Å². The number of piperidine rings is 1. The fourth-order valence-corrected chi connectivity index (χ4v) is 3.60. The van der Waals surface area contributed by atoms with Crippen LogP contribution in [0.15, 0.2) is 42.6 Å². The van der Waals surface area contributed by atoms with Crippen LogP contribution in [0.3, 0.4) is 0 Å². The molecule has 1 amide bonds. The first-order valence-corrected chi connectivity index (χ1v) is 9.32. The second-order valence-corrected chi connectivity index (χ2v) is 7.09. The predicted molar refractivity (Wildman–Crippen MR) is 103 cm³/mol. The minimum absolute atomic E-state index is 0.136. The molecule has 0 unspecified atom stereocenters. The van der Waals surface area contributed by atoms with Crippen molar-refractivity contribution in [3.8, 4) is 0 Å². The minimum Gasteiger partial charge on any atom is -0.352 e. The summed E-state index contributed by atoms with van der Waals surface area (Å²) in [5, 5.41) is 3.00. The summed E-state index contributed by atoms with van der Waals surface area (Å²) in [5.74, 6) is -0.136. The number of nitrogens with one attached hydrogen (secondary N) is 2. The van der Waals surface area contributed by atoms with Gasteiger partial charge in [0.1, 0.15) is 4.64 Å². The van der Waals surface area contributed by atoms with Crippen LogP contribution < -0.4 is 5.32 Å². The number of hydrogen-bond donors (Lipinski definition) is 2. The van der Waals surface area contributed by atoms with E-state index in [4.69, 9.17) is 12.2 Å². The number of rotatable bonds is 5. The molecule has 1 aromatic carbocycles. The number of pyridine rings is 1. The van der Waals surface area contributed by atoms with Gasteiger partial charge in [0.05, 0.1) is 5.56 Å². The maximum absolute atomic E-state index is 12.4. The molecule has 3 rings (SSSR count). The fourth-order valence-electron chi connectivity index (χ4n) is 3.37. The summed E-state index contributed by atoms with van der Waals surface area (Å²) in [6, 6.07) is 12.5. The molecule has 4 nitrogen and oxygen atoms in total. The SMILES string of the molecule is C[C@H]1CCCCN1Cc1ccccc1CNC(=O)c1ccc[nH]c1=S. The zero-order chi connectivity index (χ0) is 17.6. The van der Waals surface area contributed by atoms with Gasteiger partial charge in [-0.05, 0) is 49.6 Å². The zero-order valence-corrected chi connectivity index (χ0v) is 15.4. The van der Waals surface area contributed by atoms with Crippen LogP contribution in [0.4, 0.5) is 0 Å². The molecule has 132 valence electrons. The zero-order valence-electron chi connectivity index (χ0n) is 14.6. The van der Waals surface area contributed by atoms with Gasteiger partial charge in [-0.1, -0.05) is 42.9 Å². The monoisotopic (exact) mass is 355 g/mol. The third kappa shape index (κ3) is 4.55. The van der Waals surface area contributed by atoms with Gasteiger partial charge in [0.2, 0.25) is 0 Å². The molecule has 1 atom stereocenters. The van der Waals surface area contributed by atoms with Crippen molar-refractivity contribution in [1.82, 2.24) is 15.2 Å². The Hall–Kier alpha value is -1.98. The van der Waals surface area contributed by atoms with Gasteiger partial charge in [-0.2, -0.15) is 0 Å². The van der Waals surface area contributed by atoms with E-state index in [1.165, 1.54) is 30.4 Å². The number of likely N-dealkylation sites (tertiary alicyclic amines) is 1. The molecule has 1 aliphatic heterocycles. The lowest BCUT2D eigenvalue weighted by Gasteiger charge is -2.33. The first-order valence-electron chi connectivity index (χ1n) is 8.92. The van der Waals surface area contributed by atoms with E-state index in [2.05, 4.69) is 40.3 Å². The van der Waals surface area contributed by atoms with Crippen LogP contribution in [0, 0.1) is 4.64 Å². The molecule has 1 aromatic heterocycles. The number of carbonyl (C=O) groups excluding carboxylic acids is 1. The summed E-state index contributed by atoms with van der Waals surface area (Å²) < 4.78 is 0.468. The average molecular weight is 356 g/mol. The van der Waals surface area contributed by atoms with Gasteiger partial charge in [-0.25, -0.2) is 0 Å². The van der Waals surface area contributed by atoms with E-state index in [0.717, 1.165) is 13.1 Å². The van der Waals surface area contributed by atoms with Crippen molar-refractivity contribution in [1.29, 1.82) is 0 Å². The Morgan fingerprint density at radius 1 is 1.24 bits per heavy atom. The smallest absolute Gasteiger partial charge is 0.254 e. The Bertz CT molecular complexity index is 786. The van der Waals surface area contributed by atoms with Gasteiger partial charge in [0.25, 0.3) is 5.91 Å². The van der Waals surface area contributed by atoms with Crippen molar-refractivity contribution in [3.05, 3.63) is 63.9 Å². The molecule has 1 saturated heterocycles. The molecule has 25 heavy (non-hydrogen) atoms. The van der Waals surface area contributed by atoms with Gasteiger partial charge in [-0.15, -0.1) is 0 Å². The van der Waals surface area contributed by atoms with Crippen LogP contribution in [-0.4, -0.2) is 28.4 Å². The highest BCUT2D eigenvalue weighted by Gasteiger charge is 2.19. The third-order valence-corrected chi connectivity index (χ3v) is 5.27. The Morgan fingerprint density at radius 3 is 2.80 bits per heavy atom. The van der Waals surface area contributed by atoms with Crippen LogP contribution in [0.5, 0.6) is 0 Å². The molecule has 0 bridgehead atoms. The van der Waals surface area contributed by atoms with Gasteiger partial charge in [-0.3, -0.25) is 9.69 Å². The van der Waals surface area contributed by atoms with Crippen molar-refractivity contribution < 1.29 is 4.79 Å². The molecule has 0 radical (unpaired) electrons. The highest BCUT2D eigenvalue weighted by atomic mass is 32.1. The van der Waals surface area contributed by atoms with Crippen LogP contribution in [-0.2, 0) is 13.1 Å². The molecular formula is C20H25N3OS. The van der Waals surface area contributed by atoms with E-state index < -0.39 is 0 Å². The quantitative estimate of drug-likeness (QED) is 0.796. The lowest BCUT2D eigenvalue weighted by molar-refractivity contribution is 0.0949. The molecule has 2 N–H and O–H groups in total. The summed E-state index contributed by atoms with van der Waals surface area (Å²) in [6.07, 6.45) is 5.60. The maximum Gasteiger partial charge on any atom is 0.254 e. The van der Waals surface area contributed by atoms with Crippen molar-refractivity contribution >= 4 is 18.1 Å². The first kappa shape index (κ1) is 17.8. The van der Waals surface area contributed by atoms with Gasteiger partial charge >= 0.3 is 0 Å². The van der Waals surface area contributed by atoms with E-state index in [0.29, 0.717) is 22.8 Å². The summed E-state index contributed by atoms with van der Waals surface area (Å²) in [4.78, 5) is 17.8. The number of H-pyrrole nitrogens is 1. The topological polar surface area (TPSA) is 48.1 Å². The van der Waals surface area contributed by atoms with Crippen LogP contribution >= 0.6 is 12.2 Å². The lowest BCUT2D eigenvalue weighted by atomic mass is 10.0. The average Bonchev–Trinajstić information content (AvgIpc) is 2.63. The molecular weight excluding hydrogens is 330 g/mol. The van der Waals surface area contributed by atoms with Crippen molar-refractivity contribution in [3.63, 3.8) is 0 Å². The van der Waals surface area contributed by atoms with Gasteiger partial charge in [0, 0.05) is 25.3 Å². The largest absolute Gasteiger partial charge is 0.352 e. The maximum atomic E-state index is 12.4. The minimum atomic E-state index is -0.136. The summed E-state index contributed by atoms with van der Waals surface area (Å²) in [6.45, 7) is 4.92. The molecule has 2 aromatic rings. The van der Waals surface area contributed by atoms with Crippen LogP contribution in [0.1, 0.15) is 47.7 Å². The molecule has 0 spiro atoms. The Balaban J connectivity index is 1.68.